The monoisotopic (exact) mass is 359 g/mol. The summed E-state index contributed by atoms with van der Waals surface area (Å²) in [6, 6.07) is 17.3. The summed E-state index contributed by atoms with van der Waals surface area (Å²) in [5.41, 5.74) is 3.55. The summed E-state index contributed by atoms with van der Waals surface area (Å²) in [6.45, 7) is 0. The third-order valence-corrected chi connectivity index (χ3v) is 3.73. The molecule has 2 aromatic carbocycles. The van der Waals surface area contributed by atoms with E-state index >= 15 is 0 Å². The fraction of sp³-hybridized carbons (Fsp3) is 0. The van der Waals surface area contributed by atoms with Crippen LogP contribution in [0.2, 0.25) is 0 Å². The highest BCUT2D eigenvalue weighted by molar-refractivity contribution is 6.60. The summed E-state index contributed by atoms with van der Waals surface area (Å²) in [5, 5.41) is 31.9. The molecular weight excluding hydrogens is 345 g/mol. The van der Waals surface area contributed by atoms with E-state index in [2.05, 4.69) is 20.5 Å². The number of aromatic nitrogens is 2. The van der Waals surface area contributed by atoms with Crippen molar-refractivity contribution in [3.05, 3.63) is 76.1 Å². The van der Waals surface area contributed by atoms with Gasteiger partial charge in [-0.3, -0.25) is 9.78 Å². The predicted molar refractivity (Wildman–Crippen MR) is 102 cm³/mol. The summed E-state index contributed by atoms with van der Waals surface area (Å²) < 4.78 is 0. The number of nitrogens with one attached hydrogen (secondary N) is 2. The van der Waals surface area contributed by atoms with Crippen LogP contribution in [-0.2, 0) is 0 Å². The number of hydrogen-bond donors (Lipinski definition) is 4. The second-order valence-corrected chi connectivity index (χ2v) is 5.49. The Morgan fingerprint density at radius 3 is 2.56 bits per heavy atom. The number of aromatic amines is 1. The van der Waals surface area contributed by atoms with Crippen LogP contribution in [0.15, 0.2) is 64.5 Å². The molecule has 0 saturated heterocycles. The summed E-state index contributed by atoms with van der Waals surface area (Å²) in [5.74, 6) is 0.0520. The molecule has 0 bridgehead atoms. The Hall–Kier alpha value is -3.74. The van der Waals surface area contributed by atoms with Gasteiger partial charge >= 0.3 is 7.12 Å². The van der Waals surface area contributed by atoms with Gasteiger partial charge in [-0.1, -0.05) is 54.6 Å². The number of hydrogen-bond acceptors (Lipinski definition) is 7. The highest BCUT2D eigenvalue weighted by atomic mass is 16.4. The average molecular weight is 359 g/mol. The highest BCUT2D eigenvalue weighted by Gasteiger charge is 2.14. The zero-order valence-corrected chi connectivity index (χ0v) is 14.0. The van der Waals surface area contributed by atoms with Crippen molar-refractivity contribution in [3.63, 3.8) is 0 Å². The fourth-order valence-corrected chi connectivity index (χ4v) is 2.46. The second-order valence-electron chi connectivity index (χ2n) is 5.49. The van der Waals surface area contributed by atoms with Crippen molar-refractivity contribution >= 4 is 24.7 Å². The molecule has 8 nitrogen and oxygen atoms in total. The van der Waals surface area contributed by atoms with Crippen LogP contribution in [0.5, 0.6) is 0 Å². The van der Waals surface area contributed by atoms with Gasteiger partial charge in [-0.05, 0) is 11.0 Å². The Morgan fingerprint density at radius 1 is 1.15 bits per heavy atom. The molecule has 132 valence electrons. The molecule has 0 aliphatic rings. The molecule has 3 aromatic rings. The molecule has 0 unspecified atom stereocenters. The van der Waals surface area contributed by atoms with Crippen LogP contribution in [0.1, 0.15) is 11.1 Å². The van der Waals surface area contributed by atoms with Crippen LogP contribution >= 0.6 is 0 Å². The number of anilines is 1. The molecule has 0 aliphatic heterocycles. The van der Waals surface area contributed by atoms with Gasteiger partial charge in [0.05, 0.1) is 11.9 Å². The lowest BCUT2D eigenvalue weighted by Crippen LogP contribution is -2.32. The van der Waals surface area contributed by atoms with Crippen LogP contribution in [-0.4, -0.2) is 33.3 Å². The van der Waals surface area contributed by atoms with Crippen LogP contribution < -0.4 is 16.4 Å². The quantitative estimate of drug-likeness (QED) is 0.297. The number of hydrazone groups is 1. The maximum absolute atomic E-state index is 12.2. The summed E-state index contributed by atoms with van der Waals surface area (Å²) in [7, 11) is -1.63. The first kappa shape index (κ1) is 18.1. The third kappa shape index (κ3) is 4.09. The molecule has 0 radical (unpaired) electrons. The number of benzene rings is 2. The molecule has 0 saturated carbocycles. The van der Waals surface area contributed by atoms with Gasteiger partial charge in [-0.15, -0.1) is 0 Å². The van der Waals surface area contributed by atoms with Crippen molar-refractivity contribution in [2.24, 2.45) is 5.10 Å². The lowest BCUT2D eigenvalue weighted by atomic mass is 9.77. The molecular formula is C18H14BN5O3. The van der Waals surface area contributed by atoms with E-state index in [1.807, 2.05) is 12.1 Å². The van der Waals surface area contributed by atoms with Gasteiger partial charge in [0.1, 0.15) is 11.6 Å². The maximum Gasteiger partial charge on any atom is 0.489 e. The fourth-order valence-electron chi connectivity index (χ4n) is 2.46. The minimum Gasteiger partial charge on any atom is -0.423 e. The molecule has 0 atom stereocenters. The highest BCUT2D eigenvalue weighted by Crippen LogP contribution is 2.19. The smallest absolute Gasteiger partial charge is 0.423 e. The van der Waals surface area contributed by atoms with Gasteiger partial charge in [-0.2, -0.15) is 10.4 Å². The van der Waals surface area contributed by atoms with E-state index in [1.165, 1.54) is 6.21 Å². The molecule has 1 aromatic heterocycles. The van der Waals surface area contributed by atoms with E-state index in [9.17, 15) is 20.1 Å². The SMILES string of the molecule is N#Cc1c(-c2ccccc2)nc(NN=Cc2ccccc2B(O)O)[nH]c1=O. The van der Waals surface area contributed by atoms with E-state index in [4.69, 9.17) is 0 Å². The zero-order chi connectivity index (χ0) is 19.2. The molecule has 0 amide bonds. The van der Waals surface area contributed by atoms with E-state index in [-0.39, 0.29) is 22.7 Å². The first-order valence-electron chi connectivity index (χ1n) is 7.94. The molecule has 0 spiro atoms. The van der Waals surface area contributed by atoms with E-state index in [0.29, 0.717) is 11.1 Å². The van der Waals surface area contributed by atoms with Crippen molar-refractivity contribution in [2.45, 2.75) is 0 Å². The van der Waals surface area contributed by atoms with Gasteiger partial charge in [-0.25, -0.2) is 10.4 Å². The predicted octanol–water partition coefficient (Wildman–Crippen LogP) is 0.434. The summed E-state index contributed by atoms with van der Waals surface area (Å²) >= 11 is 0. The minimum atomic E-state index is -1.63. The maximum atomic E-state index is 12.2. The minimum absolute atomic E-state index is 0.0520. The van der Waals surface area contributed by atoms with Gasteiger partial charge in [0.2, 0.25) is 5.95 Å². The van der Waals surface area contributed by atoms with Gasteiger partial charge in [0.15, 0.2) is 0 Å². The van der Waals surface area contributed by atoms with Crippen LogP contribution in [0.3, 0.4) is 0 Å². The Kier molecular flexibility index (Phi) is 5.42. The molecule has 27 heavy (non-hydrogen) atoms. The largest absolute Gasteiger partial charge is 0.489 e. The molecule has 0 aliphatic carbocycles. The first-order chi connectivity index (χ1) is 13.1. The van der Waals surface area contributed by atoms with Crippen molar-refractivity contribution < 1.29 is 10.0 Å². The van der Waals surface area contributed by atoms with Crippen molar-refractivity contribution in [2.75, 3.05) is 5.43 Å². The summed E-state index contributed by atoms with van der Waals surface area (Å²) in [4.78, 5) is 18.9. The Balaban J connectivity index is 1.92. The first-order valence-corrected chi connectivity index (χ1v) is 7.94. The van der Waals surface area contributed by atoms with Crippen molar-refractivity contribution in [1.29, 1.82) is 5.26 Å². The molecule has 3 rings (SSSR count). The van der Waals surface area contributed by atoms with Crippen LogP contribution in [0.25, 0.3) is 11.3 Å². The Labute approximate surface area is 154 Å². The Bertz CT molecular complexity index is 1070. The van der Waals surface area contributed by atoms with Crippen LogP contribution in [0, 0.1) is 11.3 Å². The molecule has 9 heteroatoms. The molecule has 1 heterocycles. The lowest BCUT2D eigenvalue weighted by molar-refractivity contribution is 0.425. The average Bonchev–Trinajstić information content (AvgIpc) is 2.68. The van der Waals surface area contributed by atoms with E-state index in [0.717, 1.165) is 0 Å². The van der Waals surface area contributed by atoms with E-state index < -0.39 is 12.7 Å². The Morgan fingerprint density at radius 2 is 1.85 bits per heavy atom. The van der Waals surface area contributed by atoms with Crippen molar-refractivity contribution in [1.82, 2.24) is 9.97 Å². The topological polar surface area (TPSA) is 134 Å². The number of H-pyrrole nitrogens is 1. The molecule has 4 N–H and O–H groups in total. The number of rotatable bonds is 5. The second kappa shape index (κ2) is 8.10. The standard InChI is InChI=1S/C18H14BN5O3/c20-10-14-16(12-6-2-1-3-7-12)22-18(23-17(14)25)24-21-11-13-8-4-5-9-15(13)19(26)27/h1-9,11,26-27H,(H2,22,23,24,25). The molecule has 0 fully saturated rings. The third-order valence-electron chi connectivity index (χ3n) is 3.73. The number of nitriles is 1. The number of nitrogens with zero attached hydrogens (tertiary/aromatic N) is 3. The van der Waals surface area contributed by atoms with Gasteiger partial charge in [0, 0.05) is 5.56 Å². The zero-order valence-electron chi connectivity index (χ0n) is 14.0. The van der Waals surface area contributed by atoms with Crippen molar-refractivity contribution in [3.8, 4) is 17.3 Å². The van der Waals surface area contributed by atoms with Crippen LogP contribution in [0.4, 0.5) is 5.95 Å². The summed E-state index contributed by atoms with van der Waals surface area (Å²) in [6.07, 6.45) is 1.37. The lowest BCUT2D eigenvalue weighted by Gasteiger charge is -2.06. The normalized spacial score (nSPS) is 10.6. The van der Waals surface area contributed by atoms with Gasteiger partial charge in [0.25, 0.3) is 5.56 Å². The van der Waals surface area contributed by atoms with Gasteiger partial charge < -0.3 is 10.0 Å². The van der Waals surface area contributed by atoms with E-state index in [1.54, 1.807) is 48.5 Å².